The van der Waals surface area contributed by atoms with Crippen molar-refractivity contribution in [2.24, 2.45) is 0 Å². The van der Waals surface area contributed by atoms with Gasteiger partial charge in [0.15, 0.2) is 0 Å². The van der Waals surface area contributed by atoms with Crippen molar-refractivity contribution in [3.63, 3.8) is 0 Å². The van der Waals surface area contributed by atoms with E-state index in [1.54, 1.807) is 25.1 Å². The Balaban J connectivity index is 2.66. The molecular formula is C11H10ClN3O. The molecule has 0 amide bonds. The van der Waals surface area contributed by atoms with Gasteiger partial charge in [-0.15, -0.1) is 0 Å². The first-order valence-electron chi connectivity index (χ1n) is 4.69. The molecule has 0 radical (unpaired) electrons. The summed E-state index contributed by atoms with van der Waals surface area (Å²) in [7, 11) is 0. The number of halogens is 1. The van der Waals surface area contributed by atoms with Gasteiger partial charge in [-0.2, -0.15) is 0 Å². The average molecular weight is 236 g/mol. The number of hydrogen-bond donors (Lipinski definition) is 2. The third-order valence-corrected chi connectivity index (χ3v) is 2.46. The molecule has 4 nitrogen and oxygen atoms in total. The van der Waals surface area contributed by atoms with Crippen molar-refractivity contribution in [1.82, 2.24) is 9.97 Å². The number of nitrogens with two attached hydrogens (primary N) is 1. The van der Waals surface area contributed by atoms with Crippen molar-refractivity contribution in [2.75, 3.05) is 5.73 Å². The number of aromatic nitrogens is 2. The van der Waals surface area contributed by atoms with E-state index in [0.717, 1.165) is 0 Å². The van der Waals surface area contributed by atoms with E-state index in [4.69, 9.17) is 17.3 Å². The molecule has 3 N–H and O–H groups in total. The molecule has 5 heteroatoms. The number of hydrogen-bond acceptors (Lipinski definition) is 3. The van der Waals surface area contributed by atoms with Gasteiger partial charge in [0.2, 0.25) is 0 Å². The zero-order valence-corrected chi connectivity index (χ0v) is 9.38. The van der Waals surface area contributed by atoms with E-state index in [1.807, 2.05) is 0 Å². The molecule has 82 valence electrons. The molecule has 0 aliphatic carbocycles. The van der Waals surface area contributed by atoms with Crippen LogP contribution in [0.4, 0.5) is 5.69 Å². The van der Waals surface area contributed by atoms with Crippen LogP contribution in [0.1, 0.15) is 5.82 Å². The molecule has 16 heavy (non-hydrogen) atoms. The molecule has 0 aliphatic heterocycles. The van der Waals surface area contributed by atoms with Crippen LogP contribution in [-0.4, -0.2) is 9.97 Å². The lowest BCUT2D eigenvalue weighted by atomic mass is 10.1. The SMILES string of the molecule is Cc1nc(-c2cc(N)ccc2Cl)cc(=O)[nH]1. The van der Waals surface area contributed by atoms with Gasteiger partial charge >= 0.3 is 0 Å². The van der Waals surface area contributed by atoms with Crippen molar-refractivity contribution >= 4 is 17.3 Å². The molecule has 0 atom stereocenters. The maximum absolute atomic E-state index is 11.3. The molecule has 1 aromatic heterocycles. The molecule has 1 aromatic carbocycles. The summed E-state index contributed by atoms with van der Waals surface area (Å²) < 4.78 is 0. The fourth-order valence-electron chi connectivity index (χ4n) is 1.46. The number of aromatic amines is 1. The fourth-order valence-corrected chi connectivity index (χ4v) is 1.67. The summed E-state index contributed by atoms with van der Waals surface area (Å²) in [5.41, 5.74) is 7.23. The van der Waals surface area contributed by atoms with E-state index in [9.17, 15) is 4.79 Å². The average Bonchev–Trinajstić information content (AvgIpc) is 2.20. The Morgan fingerprint density at radius 1 is 1.38 bits per heavy atom. The van der Waals surface area contributed by atoms with Crippen LogP contribution >= 0.6 is 11.6 Å². The van der Waals surface area contributed by atoms with Crippen LogP contribution in [0.15, 0.2) is 29.1 Å². The number of nitrogens with zero attached hydrogens (tertiary/aromatic N) is 1. The Hall–Kier alpha value is -1.81. The van der Waals surface area contributed by atoms with Crippen molar-refractivity contribution in [3.05, 3.63) is 45.5 Å². The Labute approximate surface area is 97.1 Å². The standard InChI is InChI=1S/C11H10ClN3O/c1-6-14-10(5-11(16)15-6)8-4-7(13)2-3-9(8)12/h2-5H,13H2,1H3,(H,14,15,16). The molecule has 2 aromatic rings. The monoisotopic (exact) mass is 235 g/mol. The molecule has 0 unspecified atom stereocenters. The molecule has 2 rings (SSSR count). The minimum absolute atomic E-state index is 0.207. The Bertz CT molecular complexity index is 592. The maximum atomic E-state index is 11.3. The summed E-state index contributed by atoms with van der Waals surface area (Å²) in [4.78, 5) is 18.1. The van der Waals surface area contributed by atoms with E-state index in [2.05, 4.69) is 9.97 Å². The van der Waals surface area contributed by atoms with Crippen molar-refractivity contribution in [2.45, 2.75) is 6.92 Å². The van der Waals surface area contributed by atoms with Gasteiger partial charge in [0, 0.05) is 17.3 Å². The molecule has 0 aliphatic rings. The highest BCUT2D eigenvalue weighted by molar-refractivity contribution is 6.33. The van der Waals surface area contributed by atoms with Gasteiger partial charge in [-0.3, -0.25) is 4.79 Å². The highest BCUT2D eigenvalue weighted by Crippen LogP contribution is 2.27. The zero-order valence-electron chi connectivity index (χ0n) is 8.62. The molecule has 0 spiro atoms. The number of rotatable bonds is 1. The van der Waals surface area contributed by atoms with Crippen molar-refractivity contribution in [1.29, 1.82) is 0 Å². The molecule has 0 saturated carbocycles. The predicted octanol–water partition coefficient (Wildman–Crippen LogP) is 1.98. The summed E-state index contributed by atoms with van der Waals surface area (Å²) in [5.74, 6) is 0.543. The van der Waals surface area contributed by atoms with Gasteiger partial charge in [-0.05, 0) is 25.1 Å². The van der Waals surface area contributed by atoms with Crippen LogP contribution in [0.5, 0.6) is 0 Å². The lowest BCUT2D eigenvalue weighted by Crippen LogP contribution is -2.08. The molecule has 0 bridgehead atoms. The first-order valence-corrected chi connectivity index (χ1v) is 5.07. The number of nitrogen functional groups attached to an aromatic ring is 1. The molecule has 0 fully saturated rings. The highest BCUT2D eigenvalue weighted by atomic mass is 35.5. The minimum atomic E-state index is -0.207. The van der Waals surface area contributed by atoms with Crippen LogP contribution in [0.3, 0.4) is 0 Å². The van der Waals surface area contributed by atoms with Crippen molar-refractivity contribution in [3.8, 4) is 11.3 Å². The van der Waals surface area contributed by atoms with Gasteiger partial charge in [0.25, 0.3) is 5.56 Å². The van der Waals surface area contributed by atoms with E-state index in [-0.39, 0.29) is 5.56 Å². The molecule has 1 heterocycles. The lowest BCUT2D eigenvalue weighted by molar-refractivity contribution is 1.02. The first-order chi connectivity index (χ1) is 7.56. The normalized spacial score (nSPS) is 10.4. The number of nitrogens with one attached hydrogen (secondary N) is 1. The highest BCUT2D eigenvalue weighted by Gasteiger charge is 2.06. The van der Waals surface area contributed by atoms with E-state index in [1.165, 1.54) is 6.07 Å². The minimum Gasteiger partial charge on any atom is -0.399 e. The van der Waals surface area contributed by atoms with Gasteiger partial charge in [-0.25, -0.2) is 4.98 Å². The number of anilines is 1. The number of benzene rings is 1. The number of H-pyrrole nitrogens is 1. The Kier molecular flexibility index (Phi) is 2.66. The van der Waals surface area contributed by atoms with Gasteiger partial charge in [-0.1, -0.05) is 11.6 Å². The molecule has 0 saturated heterocycles. The Morgan fingerprint density at radius 2 is 2.12 bits per heavy atom. The van der Waals surface area contributed by atoms with Gasteiger partial charge in [0.05, 0.1) is 10.7 Å². The number of aryl methyl sites for hydroxylation is 1. The van der Waals surface area contributed by atoms with Crippen LogP contribution in [0.2, 0.25) is 5.02 Å². The van der Waals surface area contributed by atoms with Crippen LogP contribution < -0.4 is 11.3 Å². The van der Waals surface area contributed by atoms with Crippen molar-refractivity contribution < 1.29 is 0 Å². The lowest BCUT2D eigenvalue weighted by Gasteiger charge is -2.05. The zero-order chi connectivity index (χ0) is 11.7. The third kappa shape index (κ3) is 2.06. The van der Waals surface area contributed by atoms with E-state index < -0.39 is 0 Å². The summed E-state index contributed by atoms with van der Waals surface area (Å²) >= 11 is 6.03. The topological polar surface area (TPSA) is 71.8 Å². The summed E-state index contributed by atoms with van der Waals surface area (Å²) in [6.07, 6.45) is 0. The molecular weight excluding hydrogens is 226 g/mol. The van der Waals surface area contributed by atoms with Crippen LogP contribution in [-0.2, 0) is 0 Å². The summed E-state index contributed by atoms with van der Waals surface area (Å²) in [6, 6.07) is 6.48. The van der Waals surface area contributed by atoms with Crippen LogP contribution in [0.25, 0.3) is 11.3 Å². The van der Waals surface area contributed by atoms with E-state index >= 15 is 0 Å². The Morgan fingerprint density at radius 3 is 2.81 bits per heavy atom. The third-order valence-electron chi connectivity index (χ3n) is 2.13. The quantitative estimate of drug-likeness (QED) is 0.743. The second kappa shape index (κ2) is 3.98. The predicted molar refractivity (Wildman–Crippen MR) is 64.5 cm³/mol. The maximum Gasteiger partial charge on any atom is 0.251 e. The smallest absolute Gasteiger partial charge is 0.251 e. The first kappa shape index (κ1) is 10.7. The summed E-state index contributed by atoms with van der Waals surface area (Å²) in [5, 5.41) is 0.520. The van der Waals surface area contributed by atoms with E-state index in [0.29, 0.717) is 27.8 Å². The largest absolute Gasteiger partial charge is 0.399 e. The van der Waals surface area contributed by atoms with Gasteiger partial charge < -0.3 is 10.7 Å². The second-order valence-electron chi connectivity index (χ2n) is 3.46. The fraction of sp³-hybridized carbons (Fsp3) is 0.0909. The van der Waals surface area contributed by atoms with Crippen LogP contribution in [0, 0.1) is 6.92 Å². The second-order valence-corrected chi connectivity index (χ2v) is 3.86. The summed E-state index contributed by atoms with van der Waals surface area (Å²) in [6.45, 7) is 1.71. The van der Waals surface area contributed by atoms with Gasteiger partial charge in [0.1, 0.15) is 5.82 Å².